The van der Waals surface area contributed by atoms with E-state index in [4.69, 9.17) is 21.1 Å². The fraction of sp³-hybridized carbons (Fsp3) is 0.667. The Hall–Kier alpha value is -0.650. The van der Waals surface area contributed by atoms with Gasteiger partial charge in [0.25, 0.3) is 0 Å². The zero-order chi connectivity index (χ0) is 15.6. The first-order chi connectivity index (χ1) is 11.3. The average Bonchev–Trinajstić information content (AvgIpc) is 2.98. The van der Waals surface area contributed by atoms with Crippen LogP contribution in [-0.2, 0) is 9.47 Å². The molecule has 5 heteroatoms. The highest BCUT2D eigenvalue weighted by molar-refractivity contribution is 6.30. The Morgan fingerprint density at radius 2 is 1.83 bits per heavy atom. The van der Waals surface area contributed by atoms with Crippen LogP contribution in [0.2, 0.25) is 5.02 Å². The van der Waals surface area contributed by atoms with Crippen molar-refractivity contribution >= 4 is 11.6 Å². The lowest BCUT2D eigenvalue weighted by molar-refractivity contribution is -0.0502. The Bertz CT molecular complexity index is 518. The highest BCUT2D eigenvalue weighted by Gasteiger charge is 2.38. The van der Waals surface area contributed by atoms with Crippen molar-refractivity contribution in [2.24, 2.45) is 0 Å². The van der Waals surface area contributed by atoms with E-state index in [0.29, 0.717) is 18.1 Å². The maximum absolute atomic E-state index is 6.12. The number of nitrogens with zero attached hydrogens (tertiary/aromatic N) is 1. The summed E-state index contributed by atoms with van der Waals surface area (Å²) in [4.78, 5) is 2.60. The quantitative estimate of drug-likeness (QED) is 0.920. The summed E-state index contributed by atoms with van der Waals surface area (Å²) in [5.74, 6) is 0. The number of benzene rings is 1. The topological polar surface area (TPSA) is 33.7 Å². The molecule has 0 aromatic heterocycles. The predicted molar refractivity (Wildman–Crippen MR) is 90.9 cm³/mol. The van der Waals surface area contributed by atoms with Crippen molar-refractivity contribution in [3.63, 3.8) is 0 Å². The first kappa shape index (κ1) is 15.9. The first-order valence-electron chi connectivity index (χ1n) is 8.73. The van der Waals surface area contributed by atoms with Gasteiger partial charge in [0, 0.05) is 49.5 Å². The Morgan fingerprint density at radius 3 is 2.61 bits per heavy atom. The zero-order valence-corrected chi connectivity index (χ0v) is 14.2. The minimum absolute atomic E-state index is 0.172. The van der Waals surface area contributed by atoms with Gasteiger partial charge < -0.3 is 14.8 Å². The molecule has 1 aromatic carbocycles. The lowest BCUT2D eigenvalue weighted by Gasteiger charge is -2.35. The molecule has 3 fully saturated rings. The summed E-state index contributed by atoms with van der Waals surface area (Å²) in [6.07, 6.45) is 3.66. The second-order valence-corrected chi connectivity index (χ2v) is 7.40. The Balaban J connectivity index is 1.33. The number of hydrogen-bond acceptors (Lipinski definition) is 4. The number of nitrogens with one attached hydrogen (secondary N) is 1. The van der Waals surface area contributed by atoms with E-state index < -0.39 is 0 Å². The zero-order valence-electron chi connectivity index (χ0n) is 13.4. The van der Waals surface area contributed by atoms with Gasteiger partial charge in [0.05, 0.1) is 12.7 Å². The van der Waals surface area contributed by atoms with Gasteiger partial charge in [-0.05, 0) is 37.0 Å². The number of halogens is 1. The van der Waals surface area contributed by atoms with Gasteiger partial charge in [0.1, 0.15) is 0 Å². The van der Waals surface area contributed by atoms with Crippen LogP contribution >= 0.6 is 11.6 Å². The molecular weight excluding hydrogens is 312 g/mol. The molecule has 4 nitrogen and oxygen atoms in total. The fourth-order valence-electron chi connectivity index (χ4n) is 4.07. The summed E-state index contributed by atoms with van der Waals surface area (Å²) >= 11 is 5.98. The maximum Gasteiger partial charge on any atom is 0.0952 e. The summed E-state index contributed by atoms with van der Waals surface area (Å²) < 4.78 is 11.6. The van der Waals surface area contributed by atoms with Crippen molar-refractivity contribution in [3.8, 4) is 0 Å². The van der Waals surface area contributed by atoms with Gasteiger partial charge >= 0.3 is 0 Å². The molecule has 23 heavy (non-hydrogen) atoms. The summed E-state index contributed by atoms with van der Waals surface area (Å²) in [6, 6.07) is 9.86. The standard InChI is InChI=1S/C18H25ClN2O2/c19-14-3-1-13(2-4-14)18-11-21-10-16(9-17(21)12-23-18)20-15-5-7-22-8-6-15/h1-4,15-18,20H,5-12H2/t16-,17-,18+/m0/s1. The Morgan fingerprint density at radius 1 is 1.04 bits per heavy atom. The minimum Gasteiger partial charge on any atom is -0.381 e. The number of morpholine rings is 1. The van der Waals surface area contributed by atoms with Crippen molar-refractivity contribution < 1.29 is 9.47 Å². The van der Waals surface area contributed by atoms with E-state index in [1.54, 1.807) is 0 Å². The van der Waals surface area contributed by atoms with E-state index in [1.807, 2.05) is 12.1 Å². The van der Waals surface area contributed by atoms with Gasteiger partial charge in [-0.2, -0.15) is 0 Å². The van der Waals surface area contributed by atoms with Gasteiger partial charge in [-0.3, -0.25) is 4.90 Å². The van der Waals surface area contributed by atoms with E-state index in [1.165, 1.54) is 12.0 Å². The molecule has 1 N–H and O–H groups in total. The van der Waals surface area contributed by atoms with Crippen LogP contribution in [0.25, 0.3) is 0 Å². The summed E-state index contributed by atoms with van der Waals surface area (Å²) in [6.45, 7) is 4.76. The average molecular weight is 337 g/mol. The Kier molecular flexibility index (Phi) is 4.88. The molecule has 0 saturated carbocycles. The number of rotatable bonds is 3. The maximum atomic E-state index is 6.12. The van der Waals surface area contributed by atoms with Crippen LogP contribution in [0.1, 0.15) is 30.9 Å². The van der Waals surface area contributed by atoms with Crippen LogP contribution in [0.3, 0.4) is 0 Å². The number of ether oxygens (including phenoxy) is 2. The SMILES string of the molecule is Clc1ccc([C@H]2CN3C[C@@H](NC4CCOCC4)C[C@H]3CO2)cc1. The van der Waals surface area contributed by atoms with E-state index >= 15 is 0 Å². The molecule has 0 amide bonds. The first-order valence-corrected chi connectivity index (χ1v) is 9.10. The minimum atomic E-state index is 0.172. The molecule has 3 atom stereocenters. The molecule has 126 valence electrons. The third-order valence-corrected chi connectivity index (χ3v) is 5.60. The van der Waals surface area contributed by atoms with Crippen LogP contribution < -0.4 is 5.32 Å². The molecule has 3 saturated heterocycles. The van der Waals surface area contributed by atoms with Crippen LogP contribution in [0.4, 0.5) is 0 Å². The molecule has 0 aliphatic carbocycles. The van der Waals surface area contributed by atoms with Crippen molar-refractivity contribution in [3.05, 3.63) is 34.9 Å². The van der Waals surface area contributed by atoms with Gasteiger partial charge in [0.2, 0.25) is 0 Å². The van der Waals surface area contributed by atoms with E-state index in [0.717, 1.165) is 50.8 Å². The molecule has 3 heterocycles. The lowest BCUT2D eigenvalue weighted by atomic mass is 10.1. The summed E-state index contributed by atoms with van der Waals surface area (Å²) in [7, 11) is 0. The Labute approximate surface area is 143 Å². The van der Waals surface area contributed by atoms with Gasteiger partial charge in [0.15, 0.2) is 0 Å². The highest BCUT2D eigenvalue weighted by atomic mass is 35.5. The summed E-state index contributed by atoms with van der Waals surface area (Å²) in [5.41, 5.74) is 1.23. The van der Waals surface area contributed by atoms with E-state index in [-0.39, 0.29) is 6.10 Å². The molecule has 4 rings (SSSR count). The monoisotopic (exact) mass is 336 g/mol. The molecule has 3 aliphatic rings. The number of hydrogen-bond donors (Lipinski definition) is 1. The van der Waals surface area contributed by atoms with Gasteiger partial charge in [-0.25, -0.2) is 0 Å². The molecular formula is C18H25ClN2O2. The second-order valence-electron chi connectivity index (χ2n) is 6.97. The summed E-state index contributed by atoms with van der Waals surface area (Å²) in [5, 5.41) is 4.62. The predicted octanol–water partition coefficient (Wildman–Crippen LogP) is 2.62. The van der Waals surface area contributed by atoms with E-state index in [9.17, 15) is 0 Å². The molecule has 0 unspecified atom stereocenters. The molecule has 3 aliphatic heterocycles. The number of fused-ring (bicyclic) bond motifs is 1. The van der Waals surface area contributed by atoms with Crippen molar-refractivity contribution in [1.29, 1.82) is 0 Å². The normalized spacial score (nSPS) is 32.8. The van der Waals surface area contributed by atoms with Gasteiger partial charge in [-0.1, -0.05) is 23.7 Å². The fourth-order valence-corrected chi connectivity index (χ4v) is 4.20. The smallest absolute Gasteiger partial charge is 0.0952 e. The van der Waals surface area contributed by atoms with Crippen LogP contribution in [0, 0.1) is 0 Å². The van der Waals surface area contributed by atoms with Crippen LogP contribution in [0.15, 0.2) is 24.3 Å². The van der Waals surface area contributed by atoms with E-state index in [2.05, 4.69) is 22.3 Å². The molecule has 0 bridgehead atoms. The lowest BCUT2D eigenvalue weighted by Crippen LogP contribution is -2.44. The second kappa shape index (κ2) is 7.08. The van der Waals surface area contributed by atoms with Crippen molar-refractivity contribution in [1.82, 2.24) is 10.2 Å². The molecule has 1 aromatic rings. The third-order valence-electron chi connectivity index (χ3n) is 5.35. The van der Waals surface area contributed by atoms with Crippen LogP contribution in [0.5, 0.6) is 0 Å². The highest BCUT2D eigenvalue weighted by Crippen LogP contribution is 2.31. The largest absolute Gasteiger partial charge is 0.381 e. The molecule has 0 radical (unpaired) electrons. The van der Waals surface area contributed by atoms with Crippen LogP contribution in [-0.4, -0.2) is 55.9 Å². The van der Waals surface area contributed by atoms with Gasteiger partial charge in [-0.15, -0.1) is 0 Å². The van der Waals surface area contributed by atoms with Crippen molar-refractivity contribution in [2.75, 3.05) is 32.9 Å². The van der Waals surface area contributed by atoms with Crippen molar-refractivity contribution in [2.45, 2.75) is 43.5 Å². The molecule has 0 spiro atoms. The third kappa shape index (κ3) is 3.72.